The molecule has 0 fully saturated rings. The van der Waals surface area contributed by atoms with E-state index < -0.39 is 0 Å². The van der Waals surface area contributed by atoms with Crippen molar-refractivity contribution in [3.05, 3.63) is 71.0 Å². The van der Waals surface area contributed by atoms with E-state index in [0.29, 0.717) is 12.1 Å². The molecule has 1 heterocycles. The van der Waals surface area contributed by atoms with E-state index in [4.69, 9.17) is 5.26 Å². The van der Waals surface area contributed by atoms with Crippen molar-refractivity contribution in [2.24, 2.45) is 0 Å². The van der Waals surface area contributed by atoms with Crippen LogP contribution in [0.4, 0.5) is 9.52 Å². The maximum atomic E-state index is 12.9. The fourth-order valence-corrected chi connectivity index (χ4v) is 3.69. The van der Waals surface area contributed by atoms with Crippen LogP contribution in [0.2, 0.25) is 0 Å². The molecule has 1 N–H and O–H groups in total. The summed E-state index contributed by atoms with van der Waals surface area (Å²) in [6.45, 7) is 0.573. The van der Waals surface area contributed by atoms with Crippen molar-refractivity contribution < 1.29 is 4.39 Å². The number of anilines is 1. The van der Waals surface area contributed by atoms with Gasteiger partial charge in [-0.2, -0.15) is 5.26 Å². The van der Waals surface area contributed by atoms with Crippen LogP contribution in [0, 0.1) is 17.1 Å². The van der Waals surface area contributed by atoms with Gasteiger partial charge in [-0.15, -0.1) is 10.2 Å². The summed E-state index contributed by atoms with van der Waals surface area (Å²) in [6, 6.07) is 16.0. The van der Waals surface area contributed by atoms with E-state index in [1.807, 2.05) is 18.2 Å². The topological polar surface area (TPSA) is 61.6 Å². The molecule has 3 rings (SSSR count). The molecule has 0 spiro atoms. The molecule has 0 aliphatic rings. The quantitative estimate of drug-likeness (QED) is 0.661. The van der Waals surface area contributed by atoms with Crippen molar-refractivity contribution in [3.63, 3.8) is 0 Å². The van der Waals surface area contributed by atoms with Gasteiger partial charge in [0.15, 0.2) is 4.34 Å². The van der Waals surface area contributed by atoms with Crippen molar-refractivity contribution in [2.45, 2.75) is 16.6 Å². The number of nitrogens with one attached hydrogen (secondary N) is 1. The Bertz CT molecular complexity index is 856. The van der Waals surface area contributed by atoms with Crippen LogP contribution in [0.15, 0.2) is 52.9 Å². The molecule has 0 saturated carbocycles. The molecule has 0 saturated heterocycles. The van der Waals surface area contributed by atoms with Crippen molar-refractivity contribution in [1.29, 1.82) is 5.26 Å². The highest BCUT2D eigenvalue weighted by Crippen LogP contribution is 2.28. The molecule has 0 radical (unpaired) electrons. The van der Waals surface area contributed by atoms with Crippen LogP contribution in [-0.4, -0.2) is 10.2 Å². The number of hydrogen-bond donors (Lipinski definition) is 1. The second-order valence-electron chi connectivity index (χ2n) is 4.95. The first-order valence-corrected chi connectivity index (χ1v) is 8.97. The largest absolute Gasteiger partial charge is 0.356 e. The van der Waals surface area contributed by atoms with Crippen molar-refractivity contribution in [1.82, 2.24) is 10.2 Å². The van der Waals surface area contributed by atoms with Gasteiger partial charge in [-0.1, -0.05) is 47.4 Å². The number of aromatic nitrogens is 2. The molecule has 120 valence electrons. The molecule has 4 nitrogen and oxygen atoms in total. The molecule has 0 atom stereocenters. The smallest absolute Gasteiger partial charge is 0.206 e. The van der Waals surface area contributed by atoms with Crippen LogP contribution in [0.5, 0.6) is 0 Å². The summed E-state index contributed by atoms with van der Waals surface area (Å²) in [4.78, 5) is 0. The molecular formula is C17H13FN4S2. The zero-order valence-electron chi connectivity index (χ0n) is 12.6. The number of benzene rings is 2. The first-order chi connectivity index (χ1) is 11.7. The summed E-state index contributed by atoms with van der Waals surface area (Å²) < 4.78 is 13.7. The lowest BCUT2D eigenvalue weighted by molar-refractivity contribution is 0.627. The van der Waals surface area contributed by atoms with E-state index in [-0.39, 0.29) is 5.82 Å². The van der Waals surface area contributed by atoms with Gasteiger partial charge < -0.3 is 5.32 Å². The van der Waals surface area contributed by atoms with E-state index in [1.165, 1.54) is 23.5 Å². The molecule has 1 aromatic heterocycles. The van der Waals surface area contributed by atoms with Crippen LogP contribution in [0.1, 0.15) is 16.7 Å². The van der Waals surface area contributed by atoms with Gasteiger partial charge in [0, 0.05) is 12.3 Å². The summed E-state index contributed by atoms with van der Waals surface area (Å²) in [7, 11) is 0. The molecular weight excluding hydrogens is 343 g/mol. The first kappa shape index (κ1) is 16.4. The molecule has 0 aliphatic heterocycles. The van der Waals surface area contributed by atoms with E-state index in [2.05, 4.69) is 21.6 Å². The molecule has 7 heteroatoms. The zero-order chi connectivity index (χ0) is 16.8. The van der Waals surface area contributed by atoms with E-state index in [0.717, 1.165) is 26.4 Å². The van der Waals surface area contributed by atoms with Gasteiger partial charge in [-0.3, -0.25) is 0 Å². The SMILES string of the molecule is N#Cc1cccc(CSc2nnc(NCc3ccc(F)cc3)s2)c1. The Kier molecular flexibility index (Phi) is 5.41. The Morgan fingerprint density at radius 1 is 1.12 bits per heavy atom. The minimum Gasteiger partial charge on any atom is -0.356 e. The van der Waals surface area contributed by atoms with Crippen LogP contribution in [0.25, 0.3) is 0 Å². The zero-order valence-corrected chi connectivity index (χ0v) is 14.2. The lowest BCUT2D eigenvalue weighted by atomic mass is 10.2. The highest BCUT2D eigenvalue weighted by molar-refractivity contribution is 8.00. The third-order valence-electron chi connectivity index (χ3n) is 3.18. The molecule has 3 aromatic rings. The Balaban J connectivity index is 1.53. The van der Waals surface area contributed by atoms with Crippen molar-refractivity contribution in [2.75, 3.05) is 5.32 Å². The van der Waals surface area contributed by atoms with Crippen LogP contribution < -0.4 is 5.32 Å². The predicted octanol–water partition coefficient (Wildman–Crippen LogP) is 4.45. The number of halogens is 1. The van der Waals surface area contributed by atoms with Crippen LogP contribution in [0.3, 0.4) is 0 Å². The monoisotopic (exact) mass is 356 g/mol. The van der Waals surface area contributed by atoms with Crippen molar-refractivity contribution >= 4 is 28.2 Å². The fraction of sp³-hybridized carbons (Fsp3) is 0.118. The number of nitrogens with zero attached hydrogens (tertiary/aromatic N) is 3. The number of rotatable bonds is 6. The average molecular weight is 356 g/mol. The lowest BCUT2D eigenvalue weighted by Gasteiger charge is -2.01. The molecule has 0 unspecified atom stereocenters. The minimum absolute atomic E-state index is 0.242. The Labute approximate surface area is 147 Å². The van der Waals surface area contributed by atoms with Gasteiger partial charge >= 0.3 is 0 Å². The molecule has 0 amide bonds. The van der Waals surface area contributed by atoms with Crippen LogP contribution in [-0.2, 0) is 12.3 Å². The number of hydrogen-bond acceptors (Lipinski definition) is 6. The van der Waals surface area contributed by atoms with E-state index >= 15 is 0 Å². The minimum atomic E-state index is -0.242. The van der Waals surface area contributed by atoms with E-state index in [1.54, 1.807) is 30.0 Å². The second kappa shape index (κ2) is 7.90. The van der Waals surface area contributed by atoms with Gasteiger partial charge in [0.05, 0.1) is 11.6 Å². The third kappa shape index (κ3) is 4.54. The third-order valence-corrected chi connectivity index (χ3v) is 5.27. The maximum Gasteiger partial charge on any atom is 0.206 e. The Hall–Kier alpha value is -2.43. The molecule has 24 heavy (non-hydrogen) atoms. The van der Waals surface area contributed by atoms with Gasteiger partial charge in [0.1, 0.15) is 5.82 Å². The van der Waals surface area contributed by atoms with Gasteiger partial charge in [0.2, 0.25) is 5.13 Å². The van der Waals surface area contributed by atoms with Crippen molar-refractivity contribution in [3.8, 4) is 6.07 Å². The molecule has 0 bridgehead atoms. The highest BCUT2D eigenvalue weighted by atomic mass is 32.2. The van der Waals surface area contributed by atoms with Gasteiger partial charge in [-0.05, 0) is 35.4 Å². The molecule has 0 aliphatic carbocycles. The summed E-state index contributed by atoms with van der Waals surface area (Å²) in [5.41, 5.74) is 2.72. The summed E-state index contributed by atoms with van der Waals surface area (Å²) in [5.74, 6) is 0.496. The lowest BCUT2D eigenvalue weighted by Crippen LogP contribution is -1.98. The Morgan fingerprint density at radius 3 is 2.75 bits per heavy atom. The average Bonchev–Trinajstić information content (AvgIpc) is 3.08. The standard InChI is InChI=1S/C17H13FN4S2/c18-15-6-4-12(5-7-15)10-20-16-21-22-17(24-16)23-11-14-3-1-2-13(8-14)9-19/h1-8H,10-11H2,(H,20,21). The number of nitriles is 1. The van der Waals surface area contributed by atoms with Gasteiger partial charge in [-0.25, -0.2) is 4.39 Å². The summed E-state index contributed by atoms with van der Waals surface area (Å²) >= 11 is 3.06. The first-order valence-electron chi connectivity index (χ1n) is 7.16. The predicted molar refractivity (Wildman–Crippen MR) is 94.4 cm³/mol. The highest BCUT2D eigenvalue weighted by Gasteiger charge is 2.06. The maximum absolute atomic E-state index is 12.9. The molecule has 2 aromatic carbocycles. The van der Waals surface area contributed by atoms with Gasteiger partial charge in [0.25, 0.3) is 0 Å². The fourth-order valence-electron chi connectivity index (χ4n) is 2.00. The normalized spacial score (nSPS) is 10.3. The summed E-state index contributed by atoms with van der Waals surface area (Å²) in [5, 5.41) is 21.1. The van der Waals surface area contributed by atoms with E-state index in [9.17, 15) is 4.39 Å². The Morgan fingerprint density at radius 2 is 1.96 bits per heavy atom. The van der Waals surface area contributed by atoms with Crippen LogP contribution >= 0.6 is 23.1 Å². The summed E-state index contributed by atoms with van der Waals surface area (Å²) in [6.07, 6.45) is 0. The second-order valence-corrected chi connectivity index (χ2v) is 7.15. The number of thioether (sulfide) groups is 1.